The second-order valence-corrected chi connectivity index (χ2v) is 7.22. The maximum absolute atomic E-state index is 12.6. The standard InChI is InChI=1S/C25H27N3O2/c1-19(21-12-6-3-7-13-21)27-18-24(29)28-23-15-9-8-14-22(23)25(30)26-17-16-20-10-4-2-5-11-20/h2-15,19,27H,16-18H2,1H3,(H,26,30)(H,28,29)/p+1/t19-/m0/s1. The van der Waals surface area contributed by atoms with Gasteiger partial charge in [0.15, 0.2) is 6.54 Å². The second-order valence-electron chi connectivity index (χ2n) is 7.22. The molecule has 0 aliphatic carbocycles. The van der Waals surface area contributed by atoms with Crippen molar-refractivity contribution in [1.82, 2.24) is 5.32 Å². The molecule has 1 atom stereocenters. The molecule has 0 spiro atoms. The van der Waals surface area contributed by atoms with Crippen LogP contribution in [0.1, 0.15) is 34.5 Å². The first-order chi connectivity index (χ1) is 14.6. The van der Waals surface area contributed by atoms with Gasteiger partial charge < -0.3 is 16.0 Å². The van der Waals surface area contributed by atoms with Crippen LogP contribution >= 0.6 is 0 Å². The van der Waals surface area contributed by atoms with E-state index in [0.717, 1.165) is 6.42 Å². The van der Waals surface area contributed by atoms with Crippen LogP contribution in [0.15, 0.2) is 84.9 Å². The van der Waals surface area contributed by atoms with Crippen LogP contribution in [0.2, 0.25) is 0 Å². The van der Waals surface area contributed by atoms with E-state index in [9.17, 15) is 9.59 Å². The lowest BCUT2D eigenvalue weighted by Gasteiger charge is -2.13. The van der Waals surface area contributed by atoms with Gasteiger partial charge in [0.25, 0.3) is 11.8 Å². The van der Waals surface area contributed by atoms with Gasteiger partial charge in [-0.3, -0.25) is 9.59 Å². The van der Waals surface area contributed by atoms with E-state index < -0.39 is 0 Å². The highest BCUT2D eigenvalue weighted by Gasteiger charge is 2.15. The van der Waals surface area contributed by atoms with E-state index in [-0.39, 0.29) is 24.4 Å². The monoisotopic (exact) mass is 402 g/mol. The van der Waals surface area contributed by atoms with Gasteiger partial charge in [-0.15, -0.1) is 0 Å². The number of nitrogens with one attached hydrogen (secondary N) is 2. The highest BCUT2D eigenvalue weighted by atomic mass is 16.2. The first kappa shape index (κ1) is 21.3. The summed E-state index contributed by atoms with van der Waals surface area (Å²) in [6.07, 6.45) is 0.757. The van der Waals surface area contributed by atoms with Gasteiger partial charge >= 0.3 is 0 Å². The van der Waals surface area contributed by atoms with Gasteiger partial charge in [-0.25, -0.2) is 0 Å². The molecule has 5 heteroatoms. The van der Waals surface area contributed by atoms with E-state index >= 15 is 0 Å². The Kier molecular flexibility index (Phi) is 7.75. The maximum Gasteiger partial charge on any atom is 0.279 e. The third kappa shape index (κ3) is 6.29. The first-order valence-corrected chi connectivity index (χ1v) is 10.2. The quantitative estimate of drug-likeness (QED) is 0.515. The van der Waals surface area contributed by atoms with Crippen LogP contribution in [0.5, 0.6) is 0 Å². The molecule has 0 aliphatic heterocycles. The average molecular weight is 403 g/mol. The minimum atomic E-state index is -0.191. The molecule has 0 fully saturated rings. The number of carbonyl (C=O) groups excluding carboxylic acids is 2. The second kappa shape index (κ2) is 10.9. The molecule has 0 radical (unpaired) electrons. The Bertz CT molecular complexity index is 958. The van der Waals surface area contributed by atoms with Gasteiger partial charge in [0.2, 0.25) is 0 Å². The fourth-order valence-corrected chi connectivity index (χ4v) is 3.23. The van der Waals surface area contributed by atoms with Crippen molar-refractivity contribution in [3.8, 4) is 0 Å². The molecule has 5 nitrogen and oxygen atoms in total. The van der Waals surface area contributed by atoms with Crippen LogP contribution in [-0.2, 0) is 11.2 Å². The van der Waals surface area contributed by atoms with Gasteiger partial charge in [-0.05, 0) is 31.0 Å². The van der Waals surface area contributed by atoms with Crippen LogP contribution in [0.3, 0.4) is 0 Å². The smallest absolute Gasteiger partial charge is 0.279 e. The zero-order valence-corrected chi connectivity index (χ0v) is 17.2. The van der Waals surface area contributed by atoms with E-state index in [1.165, 1.54) is 11.1 Å². The molecule has 3 aromatic carbocycles. The summed E-state index contributed by atoms with van der Waals surface area (Å²) >= 11 is 0. The lowest BCUT2D eigenvalue weighted by molar-refractivity contribution is -0.682. The summed E-state index contributed by atoms with van der Waals surface area (Å²) in [5.74, 6) is -0.328. The molecule has 3 rings (SSSR count). The predicted octanol–water partition coefficient (Wildman–Crippen LogP) is 2.92. The third-order valence-electron chi connectivity index (χ3n) is 4.97. The lowest BCUT2D eigenvalue weighted by atomic mass is 10.1. The molecule has 0 aliphatic rings. The largest absolute Gasteiger partial charge is 0.352 e. The van der Waals surface area contributed by atoms with Gasteiger partial charge in [0.1, 0.15) is 6.04 Å². The summed E-state index contributed by atoms with van der Waals surface area (Å²) in [5, 5.41) is 7.79. The number of hydrogen-bond acceptors (Lipinski definition) is 2. The van der Waals surface area contributed by atoms with Crippen molar-refractivity contribution in [2.45, 2.75) is 19.4 Å². The first-order valence-electron chi connectivity index (χ1n) is 10.2. The number of benzene rings is 3. The summed E-state index contributed by atoms with van der Waals surface area (Å²) in [4.78, 5) is 25.1. The van der Waals surface area contributed by atoms with Crippen LogP contribution in [0, 0.1) is 0 Å². The number of amides is 2. The predicted molar refractivity (Wildman–Crippen MR) is 119 cm³/mol. The Hall–Kier alpha value is -3.44. The molecular formula is C25H28N3O2+. The number of rotatable bonds is 9. The Morgan fingerprint density at radius 1 is 0.867 bits per heavy atom. The topological polar surface area (TPSA) is 74.8 Å². The number of quaternary nitrogens is 1. The molecular weight excluding hydrogens is 374 g/mol. The fraction of sp³-hybridized carbons (Fsp3) is 0.200. The van der Waals surface area contributed by atoms with E-state index in [1.807, 2.05) is 72.0 Å². The molecule has 30 heavy (non-hydrogen) atoms. The third-order valence-corrected chi connectivity index (χ3v) is 4.97. The SMILES string of the molecule is C[C@H]([NH2+]CC(=O)Nc1ccccc1C(=O)NCCc1ccccc1)c1ccccc1. The van der Waals surface area contributed by atoms with Crippen LogP contribution < -0.4 is 16.0 Å². The molecule has 0 aromatic heterocycles. The number of anilines is 1. The summed E-state index contributed by atoms with van der Waals surface area (Å²) in [6, 6.07) is 27.3. The van der Waals surface area contributed by atoms with Crippen molar-refractivity contribution >= 4 is 17.5 Å². The fourth-order valence-electron chi connectivity index (χ4n) is 3.23. The zero-order valence-electron chi connectivity index (χ0n) is 17.2. The lowest BCUT2D eigenvalue weighted by Crippen LogP contribution is -2.86. The highest BCUT2D eigenvalue weighted by Crippen LogP contribution is 2.15. The van der Waals surface area contributed by atoms with Gasteiger partial charge in [0.05, 0.1) is 11.3 Å². The Balaban J connectivity index is 1.52. The molecule has 2 amide bonds. The Morgan fingerprint density at radius 3 is 2.23 bits per heavy atom. The van der Waals surface area contributed by atoms with Gasteiger partial charge in [-0.1, -0.05) is 72.8 Å². The van der Waals surface area contributed by atoms with Crippen molar-refractivity contribution in [2.75, 3.05) is 18.4 Å². The van der Waals surface area contributed by atoms with E-state index in [2.05, 4.69) is 17.6 Å². The summed E-state index contributed by atoms with van der Waals surface area (Å²) in [7, 11) is 0. The van der Waals surface area contributed by atoms with Crippen molar-refractivity contribution in [3.63, 3.8) is 0 Å². The molecule has 0 saturated heterocycles. The zero-order chi connectivity index (χ0) is 21.2. The molecule has 154 valence electrons. The summed E-state index contributed by atoms with van der Waals surface area (Å²) in [5.41, 5.74) is 3.33. The molecule has 3 aromatic rings. The van der Waals surface area contributed by atoms with Gasteiger partial charge in [0, 0.05) is 12.1 Å². The number of carbonyl (C=O) groups is 2. The molecule has 4 N–H and O–H groups in total. The van der Waals surface area contributed by atoms with Crippen molar-refractivity contribution < 1.29 is 14.9 Å². The Labute approximate surface area is 177 Å². The minimum absolute atomic E-state index is 0.137. The van der Waals surface area contributed by atoms with Crippen LogP contribution in [0.4, 0.5) is 5.69 Å². The normalized spacial score (nSPS) is 11.5. The maximum atomic E-state index is 12.6. The van der Waals surface area contributed by atoms with Gasteiger partial charge in [-0.2, -0.15) is 0 Å². The van der Waals surface area contributed by atoms with Crippen molar-refractivity contribution in [1.29, 1.82) is 0 Å². The van der Waals surface area contributed by atoms with Crippen molar-refractivity contribution in [3.05, 3.63) is 102 Å². The van der Waals surface area contributed by atoms with Crippen LogP contribution in [-0.4, -0.2) is 24.9 Å². The number of para-hydroxylation sites is 1. The molecule has 0 heterocycles. The number of nitrogens with two attached hydrogens (primary N) is 1. The van der Waals surface area contributed by atoms with E-state index in [4.69, 9.17) is 0 Å². The highest BCUT2D eigenvalue weighted by molar-refractivity contribution is 6.03. The van der Waals surface area contributed by atoms with E-state index in [0.29, 0.717) is 17.8 Å². The molecule has 0 unspecified atom stereocenters. The Morgan fingerprint density at radius 2 is 1.50 bits per heavy atom. The van der Waals surface area contributed by atoms with E-state index in [1.54, 1.807) is 18.2 Å². The average Bonchev–Trinajstić information content (AvgIpc) is 2.79. The van der Waals surface area contributed by atoms with Crippen LogP contribution in [0.25, 0.3) is 0 Å². The molecule has 0 bridgehead atoms. The minimum Gasteiger partial charge on any atom is -0.352 e. The van der Waals surface area contributed by atoms with Crippen molar-refractivity contribution in [2.24, 2.45) is 0 Å². The molecule has 0 saturated carbocycles. The summed E-state index contributed by atoms with van der Waals surface area (Å²) < 4.78 is 0. The summed E-state index contributed by atoms with van der Waals surface area (Å²) in [6.45, 7) is 2.88. The number of hydrogen-bond donors (Lipinski definition) is 3.